The van der Waals surface area contributed by atoms with Gasteiger partial charge in [0.25, 0.3) is 5.91 Å². The quantitative estimate of drug-likeness (QED) is 0.596. The summed E-state index contributed by atoms with van der Waals surface area (Å²) in [5, 5.41) is 6.58. The molecule has 2 rings (SSSR count). The Balaban J connectivity index is 2.17. The molecule has 1 heterocycles. The molecule has 0 spiro atoms. The molecule has 2 aromatic rings. The predicted octanol–water partition coefficient (Wildman–Crippen LogP) is 0.0962. The Labute approximate surface area is 120 Å². The number of ether oxygens (including phenoxy) is 1. The van der Waals surface area contributed by atoms with Gasteiger partial charge in [0, 0.05) is 0 Å². The van der Waals surface area contributed by atoms with Gasteiger partial charge in [-0.05, 0) is 19.1 Å². The Hall–Kier alpha value is -2.74. The second-order valence-electron chi connectivity index (χ2n) is 4.08. The number of carbonyl (C=O) groups is 2. The number of nitrogens with zero attached hydrogens (tertiary/aromatic N) is 3. The molecule has 1 unspecified atom stereocenters. The maximum absolute atomic E-state index is 12.0. The van der Waals surface area contributed by atoms with Crippen LogP contribution in [0.3, 0.4) is 0 Å². The Morgan fingerprint density at radius 2 is 2.19 bits per heavy atom. The second-order valence-corrected chi connectivity index (χ2v) is 4.08. The molecule has 1 aromatic carbocycles. The minimum absolute atomic E-state index is 0.162. The Kier molecular flexibility index (Phi) is 4.62. The number of hydrogen-bond acceptors (Lipinski definition) is 6. The highest BCUT2D eigenvalue weighted by atomic mass is 16.5. The highest BCUT2D eigenvalue weighted by Gasteiger charge is 2.24. The zero-order valence-electron chi connectivity index (χ0n) is 11.4. The average molecular weight is 289 g/mol. The first kappa shape index (κ1) is 14.7. The number of nitrogens with one attached hydrogen (secondary N) is 1. The summed E-state index contributed by atoms with van der Waals surface area (Å²) >= 11 is 0. The van der Waals surface area contributed by atoms with Gasteiger partial charge in [-0.3, -0.25) is 4.79 Å². The molecule has 0 aliphatic carbocycles. The summed E-state index contributed by atoms with van der Waals surface area (Å²) in [5.41, 5.74) is 6.62. The number of benzene rings is 1. The first-order valence-corrected chi connectivity index (χ1v) is 6.30. The van der Waals surface area contributed by atoms with E-state index < -0.39 is 17.9 Å². The third-order valence-electron chi connectivity index (χ3n) is 2.65. The molecule has 0 aliphatic heterocycles. The predicted molar refractivity (Wildman–Crippen MR) is 74.6 cm³/mol. The van der Waals surface area contributed by atoms with Crippen LogP contribution in [0.4, 0.5) is 5.69 Å². The summed E-state index contributed by atoms with van der Waals surface area (Å²) in [7, 11) is 0. The zero-order chi connectivity index (χ0) is 15.2. The maximum atomic E-state index is 12.0. The van der Waals surface area contributed by atoms with Crippen molar-refractivity contribution in [3.8, 4) is 5.69 Å². The van der Waals surface area contributed by atoms with Gasteiger partial charge in [-0.15, -0.1) is 0 Å². The number of aromatic nitrogens is 3. The summed E-state index contributed by atoms with van der Waals surface area (Å²) < 4.78 is 6.20. The standard InChI is InChI=1S/C13H15N5O3/c1-2-21-13(20)11(14)12(19)17-9-5-3-4-6-10(9)18-8-15-7-16-18/h3-8,11H,2,14H2,1H3,(H,17,19). The number of anilines is 1. The van der Waals surface area contributed by atoms with Gasteiger partial charge in [0.1, 0.15) is 12.7 Å². The van der Waals surface area contributed by atoms with Crippen molar-refractivity contribution in [2.24, 2.45) is 5.73 Å². The average Bonchev–Trinajstić information content (AvgIpc) is 3.01. The number of carbonyl (C=O) groups excluding carboxylic acids is 2. The molecule has 1 aromatic heterocycles. The third-order valence-corrected chi connectivity index (χ3v) is 2.65. The highest BCUT2D eigenvalue weighted by Crippen LogP contribution is 2.18. The summed E-state index contributed by atoms with van der Waals surface area (Å²) in [5.74, 6) is -1.42. The summed E-state index contributed by atoms with van der Waals surface area (Å²) in [6.07, 6.45) is 2.87. The molecular formula is C13H15N5O3. The van der Waals surface area contributed by atoms with Crippen LogP contribution in [-0.2, 0) is 14.3 Å². The fourth-order valence-corrected chi connectivity index (χ4v) is 1.66. The van der Waals surface area contributed by atoms with Gasteiger partial charge in [-0.25, -0.2) is 14.5 Å². The van der Waals surface area contributed by atoms with E-state index in [0.717, 1.165) is 0 Å². The fraction of sp³-hybridized carbons (Fsp3) is 0.231. The highest BCUT2D eigenvalue weighted by molar-refractivity contribution is 6.08. The van der Waals surface area contributed by atoms with E-state index in [1.165, 1.54) is 17.3 Å². The van der Waals surface area contributed by atoms with Crippen molar-refractivity contribution in [2.75, 3.05) is 11.9 Å². The van der Waals surface area contributed by atoms with E-state index in [1.807, 2.05) is 0 Å². The van der Waals surface area contributed by atoms with E-state index in [-0.39, 0.29) is 6.61 Å². The molecular weight excluding hydrogens is 274 g/mol. The molecule has 1 atom stereocenters. The SMILES string of the molecule is CCOC(=O)C(N)C(=O)Nc1ccccc1-n1cncn1. The number of para-hydroxylation sites is 2. The Morgan fingerprint density at radius 1 is 1.43 bits per heavy atom. The molecule has 8 heteroatoms. The van der Waals surface area contributed by atoms with E-state index in [9.17, 15) is 9.59 Å². The van der Waals surface area contributed by atoms with Crippen molar-refractivity contribution in [3.63, 3.8) is 0 Å². The number of amides is 1. The molecule has 8 nitrogen and oxygen atoms in total. The summed E-state index contributed by atoms with van der Waals surface area (Å²) in [6, 6.07) is 5.57. The molecule has 110 valence electrons. The van der Waals surface area contributed by atoms with Gasteiger partial charge in [0.15, 0.2) is 6.04 Å². The van der Waals surface area contributed by atoms with Gasteiger partial charge in [0.05, 0.1) is 18.0 Å². The van der Waals surface area contributed by atoms with Crippen LogP contribution in [0, 0.1) is 0 Å². The number of rotatable bonds is 5. The lowest BCUT2D eigenvalue weighted by atomic mass is 10.2. The van der Waals surface area contributed by atoms with E-state index >= 15 is 0 Å². The largest absolute Gasteiger partial charge is 0.464 e. The van der Waals surface area contributed by atoms with Gasteiger partial charge < -0.3 is 15.8 Å². The molecule has 0 bridgehead atoms. The van der Waals surface area contributed by atoms with Crippen LogP contribution in [0.1, 0.15) is 6.92 Å². The minimum atomic E-state index is -1.38. The molecule has 0 fully saturated rings. The van der Waals surface area contributed by atoms with Crippen molar-refractivity contribution < 1.29 is 14.3 Å². The van der Waals surface area contributed by atoms with Gasteiger partial charge in [-0.2, -0.15) is 5.10 Å². The lowest BCUT2D eigenvalue weighted by molar-refractivity contribution is -0.146. The minimum Gasteiger partial charge on any atom is -0.464 e. The monoisotopic (exact) mass is 289 g/mol. The van der Waals surface area contributed by atoms with Crippen LogP contribution in [0.15, 0.2) is 36.9 Å². The van der Waals surface area contributed by atoms with Crippen LogP contribution in [0.25, 0.3) is 5.69 Å². The molecule has 0 radical (unpaired) electrons. The summed E-state index contributed by atoms with van der Waals surface area (Å²) in [4.78, 5) is 27.3. The lowest BCUT2D eigenvalue weighted by Crippen LogP contribution is -2.43. The fourth-order valence-electron chi connectivity index (χ4n) is 1.66. The first-order valence-electron chi connectivity index (χ1n) is 6.30. The Morgan fingerprint density at radius 3 is 2.86 bits per heavy atom. The van der Waals surface area contributed by atoms with Crippen LogP contribution < -0.4 is 11.1 Å². The molecule has 0 aliphatic rings. The van der Waals surface area contributed by atoms with Crippen LogP contribution in [0.5, 0.6) is 0 Å². The topological polar surface area (TPSA) is 112 Å². The molecule has 3 N–H and O–H groups in total. The van der Waals surface area contributed by atoms with Gasteiger partial charge in [-0.1, -0.05) is 12.1 Å². The van der Waals surface area contributed by atoms with Crippen molar-refractivity contribution >= 4 is 17.6 Å². The molecule has 1 amide bonds. The van der Waals surface area contributed by atoms with Gasteiger partial charge >= 0.3 is 5.97 Å². The molecule has 0 saturated heterocycles. The van der Waals surface area contributed by atoms with Crippen LogP contribution >= 0.6 is 0 Å². The van der Waals surface area contributed by atoms with Gasteiger partial charge in [0.2, 0.25) is 0 Å². The molecule has 0 saturated carbocycles. The maximum Gasteiger partial charge on any atom is 0.332 e. The van der Waals surface area contributed by atoms with Crippen molar-refractivity contribution in [2.45, 2.75) is 13.0 Å². The first-order chi connectivity index (χ1) is 10.1. The lowest BCUT2D eigenvalue weighted by Gasteiger charge is -2.13. The van der Waals surface area contributed by atoms with E-state index in [2.05, 4.69) is 15.4 Å². The number of nitrogens with two attached hydrogens (primary N) is 1. The Bertz CT molecular complexity index is 626. The normalized spacial score (nSPS) is 11.7. The van der Waals surface area contributed by atoms with E-state index in [1.54, 1.807) is 31.2 Å². The second kappa shape index (κ2) is 6.62. The number of hydrogen-bond donors (Lipinski definition) is 2. The smallest absolute Gasteiger partial charge is 0.332 e. The zero-order valence-corrected chi connectivity index (χ0v) is 11.4. The van der Waals surface area contributed by atoms with Crippen molar-refractivity contribution in [1.29, 1.82) is 0 Å². The summed E-state index contributed by atoms with van der Waals surface area (Å²) in [6.45, 7) is 1.80. The van der Waals surface area contributed by atoms with Crippen LogP contribution in [0.2, 0.25) is 0 Å². The van der Waals surface area contributed by atoms with E-state index in [4.69, 9.17) is 10.5 Å². The van der Waals surface area contributed by atoms with Crippen molar-refractivity contribution in [3.05, 3.63) is 36.9 Å². The third kappa shape index (κ3) is 3.42. The van der Waals surface area contributed by atoms with Crippen LogP contribution in [-0.4, -0.2) is 39.3 Å². The van der Waals surface area contributed by atoms with E-state index in [0.29, 0.717) is 11.4 Å². The number of esters is 1. The van der Waals surface area contributed by atoms with Crippen molar-refractivity contribution in [1.82, 2.24) is 14.8 Å². The molecule has 21 heavy (non-hydrogen) atoms.